The number of aliphatic hydroxyl groups excluding tert-OH is 1. The van der Waals surface area contributed by atoms with E-state index < -0.39 is 8.07 Å². The number of allylic oxidation sites excluding steroid dienone is 2. The molecule has 0 aliphatic carbocycles. The van der Waals surface area contributed by atoms with Crippen LogP contribution in [0.15, 0.2) is 60.5 Å². The summed E-state index contributed by atoms with van der Waals surface area (Å²) in [5, 5.41) is 15.1. The summed E-state index contributed by atoms with van der Waals surface area (Å²) >= 11 is 1.93. The van der Waals surface area contributed by atoms with Crippen molar-refractivity contribution in [1.82, 2.24) is 4.98 Å². The van der Waals surface area contributed by atoms with Gasteiger partial charge in [0.1, 0.15) is 0 Å². The topological polar surface area (TPSA) is 50.2 Å². The zero-order chi connectivity index (χ0) is 41.9. The van der Waals surface area contributed by atoms with Gasteiger partial charge in [0, 0.05) is 59.5 Å². The molecule has 5 rings (SSSR count). The third-order valence-corrected chi connectivity index (χ3v) is 14.5. The van der Waals surface area contributed by atoms with E-state index in [1.807, 2.05) is 39.0 Å². The molecule has 0 aliphatic heterocycles. The molecule has 57 heavy (non-hydrogen) atoms. The van der Waals surface area contributed by atoms with Gasteiger partial charge >= 0.3 is 0 Å². The van der Waals surface area contributed by atoms with Crippen LogP contribution in [0.5, 0.6) is 0 Å². The predicted octanol–water partition coefficient (Wildman–Crippen LogP) is 14.8. The van der Waals surface area contributed by atoms with Crippen LogP contribution in [-0.2, 0) is 36.7 Å². The molecule has 0 aliphatic rings. The second-order valence-electron chi connectivity index (χ2n) is 19.3. The van der Waals surface area contributed by atoms with Crippen molar-refractivity contribution < 1.29 is 30.0 Å². The van der Waals surface area contributed by atoms with Crippen molar-refractivity contribution in [1.29, 1.82) is 0 Å². The Morgan fingerprint density at radius 1 is 0.877 bits per heavy atom. The van der Waals surface area contributed by atoms with Crippen molar-refractivity contribution in [3.63, 3.8) is 0 Å². The first-order valence-electron chi connectivity index (χ1n) is 21.0. The van der Waals surface area contributed by atoms with Gasteiger partial charge in [0.25, 0.3) is 0 Å². The minimum absolute atomic E-state index is 0. The summed E-state index contributed by atoms with van der Waals surface area (Å²) in [6, 6.07) is 19.7. The smallest absolute Gasteiger partial charge is 0.162 e. The van der Waals surface area contributed by atoms with Gasteiger partial charge in [-0.25, -0.2) is 0 Å². The molecule has 1 N–H and O–H groups in total. The average Bonchev–Trinajstić information content (AvgIpc) is 3.42. The van der Waals surface area contributed by atoms with Crippen LogP contribution < -0.4 is 5.19 Å². The number of aromatic nitrogens is 1. The number of carbonyl (C=O) groups excluding carboxylic acids is 1. The number of rotatable bonds is 11. The Morgan fingerprint density at radius 2 is 1.44 bits per heavy atom. The second kappa shape index (κ2) is 19.4. The van der Waals surface area contributed by atoms with E-state index in [2.05, 4.69) is 137 Å². The molecule has 3 nitrogen and oxygen atoms in total. The molecule has 3 aromatic carbocycles. The first kappa shape index (κ1) is 48.5. The summed E-state index contributed by atoms with van der Waals surface area (Å²) in [7, 11) is -1.65. The van der Waals surface area contributed by atoms with E-state index in [0.717, 1.165) is 48.7 Å². The van der Waals surface area contributed by atoms with Crippen LogP contribution in [0.3, 0.4) is 0 Å². The summed E-state index contributed by atoms with van der Waals surface area (Å²) in [4.78, 5) is 18.3. The summed E-state index contributed by atoms with van der Waals surface area (Å²) < 4.78 is 1.31. The second-order valence-corrected chi connectivity index (χ2v) is 25.3. The maximum atomic E-state index is 11.7. The predicted molar refractivity (Wildman–Crippen MR) is 250 cm³/mol. The first-order valence-corrected chi connectivity index (χ1v) is 25.3. The van der Waals surface area contributed by atoms with Gasteiger partial charge in [0.15, 0.2) is 5.78 Å². The monoisotopic (exact) mass is 981 g/mol. The van der Waals surface area contributed by atoms with Gasteiger partial charge in [-0.3, -0.25) is 9.78 Å². The van der Waals surface area contributed by atoms with E-state index in [1.165, 1.54) is 65.0 Å². The van der Waals surface area contributed by atoms with E-state index in [1.54, 1.807) is 0 Å². The fraction of sp³-hybridized carbons (Fsp3) is 0.490. The molecule has 0 amide bonds. The maximum absolute atomic E-state index is 11.7. The summed E-state index contributed by atoms with van der Waals surface area (Å²) in [6.07, 6.45) is 8.19. The summed E-state index contributed by atoms with van der Waals surface area (Å²) in [5.41, 5.74) is 10.8. The third kappa shape index (κ3) is 11.4. The number of aryl methyl sites for hydroxylation is 3. The van der Waals surface area contributed by atoms with Gasteiger partial charge in [-0.05, 0) is 102 Å². The van der Waals surface area contributed by atoms with Crippen molar-refractivity contribution in [2.45, 2.75) is 147 Å². The number of hydrogen-bond donors (Lipinski definition) is 1. The molecular weight excluding hydrogens is 911 g/mol. The minimum Gasteiger partial charge on any atom is -0.512 e. The molecule has 0 unspecified atom stereocenters. The Bertz CT molecular complexity index is 2180. The molecule has 2 heterocycles. The van der Waals surface area contributed by atoms with E-state index in [-0.39, 0.29) is 54.3 Å². The molecule has 311 valence electrons. The average molecular weight is 981 g/mol. The molecule has 6 heteroatoms. The van der Waals surface area contributed by atoms with Crippen LogP contribution in [0, 0.1) is 44.1 Å². The molecule has 2 aromatic heterocycles. The van der Waals surface area contributed by atoms with Crippen LogP contribution >= 0.6 is 11.3 Å². The van der Waals surface area contributed by atoms with Crippen molar-refractivity contribution in [2.24, 2.45) is 17.3 Å². The Kier molecular flexibility index (Phi) is 16.5. The van der Waals surface area contributed by atoms with Gasteiger partial charge in [0.05, 0.1) is 13.8 Å². The number of pyridine rings is 1. The van der Waals surface area contributed by atoms with Crippen molar-refractivity contribution in [3.8, 4) is 21.7 Å². The van der Waals surface area contributed by atoms with Crippen molar-refractivity contribution >= 4 is 51.2 Å². The molecule has 5 aromatic rings. The summed E-state index contributed by atoms with van der Waals surface area (Å²) in [5.74, 6) is 0.547. The molecule has 0 spiro atoms. The third-order valence-electron chi connectivity index (χ3n) is 11.2. The quantitative estimate of drug-likeness (QED) is 0.0621. The number of hydrogen-bond acceptors (Lipinski definition) is 4. The van der Waals surface area contributed by atoms with Gasteiger partial charge in [0.2, 0.25) is 0 Å². The Labute approximate surface area is 364 Å². The van der Waals surface area contributed by atoms with Crippen LogP contribution in [0.4, 0.5) is 0 Å². The van der Waals surface area contributed by atoms with Crippen LogP contribution in [-0.4, -0.2) is 23.9 Å². The Hall–Kier alpha value is -2.89. The van der Waals surface area contributed by atoms with Gasteiger partial charge in [-0.1, -0.05) is 130 Å². The van der Waals surface area contributed by atoms with E-state index >= 15 is 0 Å². The van der Waals surface area contributed by atoms with E-state index in [0.29, 0.717) is 0 Å². The fourth-order valence-electron chi connectivity index (χ4n) is 8.14. The number of ketones is 1. The first-order chi connectivity index (χ1) is 26.1. The number of carbonyl (C=O) groups is 1. The van der Waals surface area contributed by atoms with E-state index in [4.69, 9.17) is 4.98 Å². The number of thiophene rings is 1. The van der Waals surface area contributed by atoms with Gasteiger partial charge in [-0.2, -0.15) is 0 Å². The molecule has 0 saturated carbocycles. The van der Waals surface area contributed by atoms with E-state index in [9.17, 15) is 9.90 Å². The number of benzene rings is 3. The molecule has 1 radical (unpaired) electrons. The van der Waals surface area contributed by atoms with Crippen LogP contribution in [0.2, 0.25) is 19.6 Å². The standard InChI is InChI=1S/C38H46NSSi.C13H24O2.Ir/c1-23-17-26(21-37(4,5)6)18-24(2)32(23)35-25(3)33-31(41(10,11)12)22-39-34(36(33)40-35)28-19-27-15-13-14-16-29(27)30(20-28)38(7,8)9;1-5-10(6-2)12(14)9-13(15)11(7-3)8-4;/h13-18,20,22H,21H2,1-12H3;9-11,14H,5-8H2,1-4H3;/q-1;;/b;12-9-;. The maximum Gasteiger partial charge on any atom is 0.162 e. The number of aliphatic hydroxyl groups is 1. The normalized spacial score (nSPS) is 12.6. The van der Waals surface area contributed by atoms with Gasteiger partial charge in [-0.15, -0.1) is 40.5 Å². The molecule has 0 atom stereocenters. The summed E-state index contributed by atoms with van der Waals surface area (Å²) in [6.45, 7) is 36.2. The van der Waals surface area contributed by atoms with Crippen LogP contribution in [0.1, 0.15) is 123 Å². The number of fused-ring (bicyclic) bond motifs is 2. The van der Waals surface area contributed by atoms with Crippen LogP contribution in [0.25, 0.3) is 42.6 Å². The molecule has 0 saturated heterocycles. The van der Waals surface area contributed by atoms with Crippen molar-refractivity contribution in [2.75, 3.05) is 0 Å². The zero-order valence-corrected chi connectivity index (χ0v) is 42.1. The minimum atomic E-state index is -1.65. The van der Waals surface area contributed by atoms with Gasteiger partial charge < -0.3 is 5.11 Å². The molecule has 0 fully saturated rings. The van der Waals surface area contributed by atoms with Crippen molar-refractivity contribution in [3.05, 3.63) is 94.4 Å². The largest absolute Gasteiger partial charge is 0.512 e. The Balaban J connectivity index is 0.000000464. The zero-order valence-electron chi connectivity index (χ0n) is 37.9. The fourth-order valence-corrected chi connectivity index (χ4v) is 11.3. The Morgan fingerprint density at radius 3 is 1.95 bits per heavy atom. The molecular formula is C51H70IrNO2SSi-. The number of nitrogens with zero attached hydrogens (tertiary/aromatic N) is 1. The SMILES string of the molecule is CCC(CC)C(=O)/C=C(\O)C(CC)CC.Cc1cc(CC(C)(C)C)cc(C)c1-c1sc2c(-c3[c-]c4ccccc4c(C(C)(C)C)c3)ncc([Si](C)(C)C)c2c1C.[Ir]. The molecule has 0 bridgehead atoms.